The van der Waals surface area contributed by atoms with Crippen LogP contribution in [-0.4, -0.2) is 42.3 Å². The summed E-state index contributed by atoms with van der Waals surface area (Å²) in [5, 5.41) is 8.71. The second kappa shape index (κ2) is 11.0. The van der Waals surface area contributed by atoms with Gasteiger partial charge in [-0.15, -0.1) is 0 Å². The first kappa shape index (κ1) is 20.4. The minimum absolute atomic E-state index is 0.0565. The molecule has 0 aliphatic carbocycles. The third-order valence-corrected chi connectivity index (χ3v) is 3.68. The molecule has 0 saturated heterocycles. The van der Waals surface area contributed by atoms with E-state index < -0.39 is 0 Å². The van der Waals surface area contributed by atoms with E-state index in [0.717, 1.165) is 5.56 Å². The first-order valence-corrected chi connectivity index (χ1v) is 8.38. The molecular weight excluding hydrogens is 320 g/mol. The summed E-state index contributed by atoms with van der Waals surface area (Å²) < 4.78 is 4.85. The zero-order valence-electron chi connectivity index (χ0n) is 14.8. The third kappa shape index (κ3) is 7.62. The van der Waals surface area contributed by atoms with Crippen LogP contribution < -0.4 is 0 Å². The van der Waals surface area contributed by atoms with Gasteiger partial charge >= 0.3 is 5.97 Å². The summed E-state index contributed by atoms with van der Waals surface area (Å²) >= 11 is 0. The number of aryl methyl sites for hydroxylation is 1. The molecule has 1 rings (SSSR count). The SMILES string of the molecule is CCOC(=O)CCN(CCC#N)C(=O)CCC(=O)c1ccc(C)cc1. The maximum absolute atomic E-state index is 12.3. The fraction of sp³-hybridized carbons (Fsp3) is 0.474. The van der Waals surface area contributed by atoms with Gasteiger partial charge in [-0.05, 0) is 13.8 Å². The molecule has 0 saturated carbocycles. The Labute approximate surface area is 148 Å². The number of esters is 1. The van der Waals surface area contributed by atoms with Crippen molar-refractivity contribution >= 4 is 17.7 Å². The highest BCUT2D eigenvalue weighted by atomic mass is 16.5. The maximum Gasteiger partial charge on any atom is 0.307 e. The summed E-state index contributed by atoms with van der Waals surface area (Å²) in [7, 11) is 0. The highest BCUT2D eigenvalue weighted by Crippen LogP contribution is 2.09. The number of ether oxygens (including phenoxy) is 1. The fourth-order valence-corrected chi connectivity index (χ4v) is 2.27. The van der Waals surface area contributed by atoms with Crippen LogP contribution in [0.15, 0.2) is 24.3 Å². The van der Waals surface area contributed by atoms with Gasteiger partial charge in [0.1, 0.15) is 0 Å². The monoisotopic (exact) mass is 344 g/mol. The Hall–Kier alpha value is -2.68. The Balaban J connectivity index is 2.55. The molecule has 0 unspecified atom stereocenters. The number of carbonyl (C=O) groups excluding carboxylic acids is 3. The molecule has 0 N–H and O–H groups in total. The first-order chi connectivity index (χ1) is 12.0. The molecule has 0 aromatic heterocycles. The van der Waals surface area contributed by atoms with E-state index in [1.807, 2.05) is 25.1 Å². The summed E-state index contributed by atoms with van der Waals surface area (Å²) in [4.78, 5) is 37.4. The molecule has 6 heteroatoms. The zero-order chi connectivity index (χ0) is 18.7. The lowest BCUT2D eigenvalue weighted by Crippen LogP contribution is -2.34. The Morgan fingerprint density at radius 3 is 2.36 bits per heavy atom. The van der Waals surface area contributed by atoms with Gasteiger partial charge < -0.3 is 9.64 Å². The van der Waals surface area contributed by atoms with Crippen molar-refractivity contribution in [3.63, 3.8) is 0 Å². The number of hydrogen-bond donors (Lipinski definition) is 0. The Morgan fingerprint density at radius 2 is 1.76 bits per heavy atom. The van der Waals surface area contributed by atoms with Crippen molar-refractivity contribution in [1.29, 1.82) is 5.26 Å². The van der Waals surface area contributed by atoms with Gasteiger partial charge in [-0.1, -0.05) is 29.8 Å². The van der Waals surface area contributed by atoms with E-state index in [2.05, 4.69) is 0 Å². The topological polar surface area (TPSA) is 87.5 Å². The van der Waals surface area contributed by atoms with Crippen molar-refractivity contribution < 1.29 is 19.1 Å². The fourth-order valence-electron chi connectivity index (χ4n) is 2.27. The quantitative estimate of drug-likeness (QED) is 0.481. The van der Waals surface area contributed by atoms with Gasteiger partial charge in [0.25, 0.3) is 0 Å². The van der Waals surface area contributed by atoms with Crippen LogP contribution >= 0.6 is 0 Å². The molecule has 0 atom stereocenters. The molecule has 1 aromatic carbocycles. The van der Waals surface area contributed by atoms with E-state index in [9.17, 15) is 14.4 Å². The molecule has 6 nitrogen and oxygen atoms in total. The Kier molecular flexibility index (Phi) is 8.94. The van der Waals surface area contributed by atoms with E-state index in [4.69, 9.17) is 10.00 Å². The Morgan fingerprint density at radius 1 is 1.08 bits per heavy atom. The minimum Gasteiger partial charge on any atom is -0.466 e. The largest absolute Gasteiger partial charge is 0.466 e. The van der Waals surface area contributed by atoms with Crippen LogP contribution in [0.5, 0.6) is 0 Å². The molecule has 0 spiro atoms. The number of rotatable bonds is 10. The van der Waals surface area contributed by atoms with Crippen LogP contribution in [-0.2, 0) is 14.3 Å². The van der Waals surface area contributed by atoms with Crippen LogP contribution in [0.3, 0.4) is 0 Å². The number of Topliss-reactive ketones (excluding diaryl/α,β-unsaturated/α-hetero) is 1. The van der Waals surface area contributed by atoms with Gasteiger partial charge in [0.15, 0.2) is 5.78 Å². The van der Waals surface area contributed by atoms with Crippen LogP contribution in [0.2, 0.25) is 0 Å². The summed E-state index contributed by atoms with van der Waals surface area (Å²) in [6, 6.07) is 9.19. The van der Waals surface area contributed by atoms with Crippen LogP contribution in [0.4, 0.5) is 0 Å². The second-order valence-corrected chi connectivity index (χ2v) is 5.63. The van der Waals surface area contributed by atoms with Gasteiger partial charge in [0, 0.05) is 31.5 Å². The number of nitriles is 1. The first-order valence-electron chi connectivity index (χ1n) is 8.38. The van der Waals surface area contributed by atoms with E-state index in [1.54, 1.807) is 19.1 Å². The van der Waals surface area contributed by atoms with Gasteiger partial charge in [-0.3, -0.25) is 14.4 Å². The number of carbonyl (C=O) groups is 3. The highest BCUT2D eigenvalue weighted by molar-refractivity contribution is 5.98. The van der Waals surface area contributed by atoms with Crippen LogP contribution in [0, 0.1) is 18.3 Å². The zero-order valence-corrected chi connectivity index (χ0v) is 14.8. The molecule has 1 aromatic rings. The van der Waals surface area contributed by atoms with Crippen molar-refractivity contribution in [2.75, 3.05) is 19.7 Å². The number of benzene rings is 1. The molecule has 25 heavy (non-hydrogen) atoms. The normalized spacial score (nSPS) is 9.96. The third-order valence-electron chi connectivity index (χ3n) is 3.68. The molecule has 134 valence electrons. The van der Waals surface area contributed by atoms with E-state index in [0.29, 0.717) is 5.56 Å². The van der Waals surface area contributed by atoms with Crippen molar-refractivity contribution in [3.8, 4) is 6.07 Å². The molecule has 0 heterocycles. The van der Waals surface area contributed by atoms with Gasteiger partial charge in [-0.25, -0.2) is 0 Å². The predicted octanol–water partition coefficient (Wildman–Crippen LogP) is 2.65. The lowest BCUT2D eigenvalue weighted by atomic mass is 10.0. The molecule has 1 amide bonds. The van der Waals surface area contributed by atoms with E-state index in [1.165, 1.54) is 4.90 Å². The van der Waals surface area contributed by atoms with Crippen molar-refractivity contribution in [1.82, 2.24) is 4.90 Å². The number of nitrogens with zero attached hydrogens (tertiary/aromatic N) is 2. The van der Waals surface area contributed by atoms with Crippen LogP contribution in [0.1, 0.15) is 48.5 Å². The molecular formula is C19H24N2O4. The predicted molar refractivity (Wildman–Crippen MR) is 92.8 cm³/mol. The number of ketones is 1. The lowest BCUT2D eigenvalue weighted by molar-refractivity contribution is -0.144. The highest BCUT2D eigenvalue weighted by Gasteiger charge is 2.17. The van der Waals surface area contributed by atoms with Gasteiger partial charge in [-0.2, -0.15) is 5.26 Å². The van der Waals surface area contributed by atoms with Gasteiger partial charge in [0.05, 0.1) is 25.5 Å². The van der Waals surface area contributed by atoms with E-state index >= 15 is 0 Å². The molecule has 0 radical (unpaired) electrons. The summed E-state index contributed by atoms with van der Waals surface area (Å²) in [5.41, 5.74) is 1.64. The average Bonchev–Trinajstić information content (AvgIpc) is 2.60. The molecule has 0 bridgehead atoms. The number of hydrogen-bond acceptors (Lipinski definition) is 5. The number of amides is 1. The standard InChI is InChI=1S/C19H24N2O4/c1-3-25-19(24)11-14-21(13-4-12-20)18(23)10-9-17(22)16-7-5-15(2)6-8-16/h5-8H,3-4,9-11,13-14H2,1-2H3. The minimum atomic E-state index is -0.381. The summed E-state index contributed by atoms with van der Waals surface area (Å²) in [6.45, 7) is 4.38. The average molecular weight is 344 g/mol. The second-order valence-electron chi connectivity index (χ2n) is 5.63. The van der Waals surface area contributed by atoms with E-state index in [-0.39, 0.29) is 63.0 Å². The van der Waals surface area contributed by atoms with Crippen molar-refractivity contribution in [2.45, 2.75) is 39.5 Å². The molecule has 0 fully saturated rings. The van der Waals surface area contributed by atoms with Crippen molar-refractivity contribution in [2.24, 2.45) is 0 Å². The van der Waals surface area contributed by atoms with Gasteiger partial charge in [0.2, 0.25) is 5.91 Å². The molecule has 0 aliphatic heterocycles. The molecule has 0 aliphatic rings. The smallest absolute Gasteiger partial charge is 0.307 e. The van der Waals surface area contributed by atoms with Crippen LogP contribution in [0.25, 0.3) is 0 Å². The summed E-state index contributed by atoms with van der Waals surface area (Å²) in [6.07, 6.45) is 0.419. The maximum atomic E-state index is 12.3. The summed E-state index contributed by atoms with van der Waals surface area (Å²) in [5.74, 6) is -0.716. The Bertz CT molecular complexity index is 632. The lowest BCUT2D eigenvalue weighted by Gasteiger charge is -2.21. The van der Waals surface area contributed by atoms with Crippen molar-refractivity contribution in [3.05, 3.63) is 35.4 Å².